The van der Waals surface area contributed by atoms with Crippen LogP contribution in [0, 0.1) is 11.6 Å². The molecule has 2 aliphatic rings. The van der Waals surface area contributed by atoms with Gasteiger partial charge < -0.3 is 19.7 Å². The number of hydrogen-bond donors (Lipinski definition) is 2. The standard InChI is InChI=1S/C21H22F2N2O3/c22-15-5-6-16(23)17(12-15)24-21(26)13-25-8-1-3-18(25)14-4-7-19-20(11-14)28-10-2-9-27-19/h4-7,11-12,18H,1-3,8-10,13H2,(H,24,26)/p+1/t18-/m0/s1. The minimum Gasteiger partial charge on any atom is -0.490 e. The summed E-state index contributed by atoms with van der Waals surface area (Å²) in [6.45, 7) is 2.30. The van der Waals surface area contributed by atoms with Gasteiger partial charge in [-0.05, 0) is 30.3 Å². The molecule has 4 rings (SSSR count). The molecule has 0 saturated carbocycles. The summed E-state index contributed by atoms with van der Waals surface area (Å²) in [5, 5.41) is 2.49. The number of ether oxygens (including phenoxy) is 2. The average molecular weight is 389 g/mol. The molecule has 2 heterocycles. The van der Waals surface area contributed by atoms with Crippen molar-refractivity contribution in [3.63, 3.8) is 0 Å². The number of benzene rings is 2. The van der Waals surface area contributed by atoms with Gasteiger partial charge >= 0.3 is 0 Å². The summed E-state index contributed by atoms with van der Waals surface area (Å²) in [5.41, 5.74) is 0.970. The second-order valence-corrected chi connectivity index (χ2v) is 7.21. The van der Waals surface area contributed by atoms with Gasteiger partial charge in [0, 0.05) is 30.9 Å². The summed E-state index contributed by atoms with van der Waals surface area (Å²) in [5.74, 6) is -0.0747. The number of carbonyl (C=O) groups excluding carboxylic acids is 1. The average Bonchev–Trinajstić information content (AvgIpc) is 3.00. The highest BCUT2D eigenvalue weighted by Gasteiger charge is 2.32. The molecule has 7 heteroatoms. The maximum atomic E-state index is 13.8. The van der Waals surface area contributed by atoms with Crippen LogP contribution in [0.25, 0.3) is 0 Å². The van der Waals surface area contributed by atoms with E-state index in [4.69, 9.17) is 9.47 Å². The number of amides is 1. The normalized spacial score (nSPS) is 21.2. The van der Waals surface area contributed by atoms with Gasteiger partial charge in [-0.15, -0.1) is 0 Å². The minimum absolute atomic E-state index is 0.129. The molecule has 0 bridgehead atoms. The van der Waals surface area contributed by atoms with Gasteiger partial charge in [0.15, 0.2) is 18.0 Å². The summed E-state index contributed by atoms with van der Waals surface area (Å²) in [7, 11) is 0. The van der Waals surface area contributed by atoms with Crippen LogP contribution >= 0.6 is 0 Å². The van der Waals surface area contributed by atoms with Crippen molar-refractivity contribution >= 4 is 11.6 Å². The number of halogens is 2. The molecule has 148 valence electrons. The number of anilines is 1. The number of rotatable bonds is 4. The van der Waals surface area contributed by atoms with Gasteiger partial charge in [-0.25, -0.2) is 8.78 Å². The van der Waals surface area contributed by atoms with E-state index >= 15 is 0 Å². The molecular weight excluding hydrogens is 366 g/mol. The monoisotopic (exact) mass is 389 g/mol. The Hall–Kier alpha value is -2.67. The first-order valence-electron chi connectivity index (χ1n) is 9.59. The smallest absolute Gasteiger partial charge is 0.279 e. The Morgan fingerprint density at radius 2 is 1.89 bits per heavy atom. The number of quaternary nitrogens is 1. The van der Waals surface area contributed by atoms with Crippen molar-refractivity contribution in [3.8, 4) is 11.5 Å². The predicted octanol–water partition coefficient (Wildman–Crippen LogP) is 2.48. The van der Waals surface area contributed by atoms with E-state index in [-0.39, 0.29) is 24.2 Å². The van der Waals surface area contributed by atoms with E-state index in [1.54, 1.807) is 0 Å². The Morgan fingerprint density at radius 3 is 2.75 bits per heavy atom. The molecular formula is C21H23F2N2O3+. The zero-order chi connectivity index (χ0) is 19.5. The van der Waals surface area contributed by atoms with Crippen LogP contribution in [0.5, 0.6) is 11.5 Å². The quantitative estimate of drug-likeness (QED) is 0.845. The van der Waals surface area contributed by atoms with Gasteiger partial charge in [0.25, 0.3) is 5.91 Å². The molecule has 0 spiro atoms. The summed E-state index contributed by atoms with van der Waals surface area (Å²) in [4.78, 5) is 13.5. The molecule has 2 N–H and O–H groups in total. The van der Waals surface area contributed by atoms with Gasteiger partial charge in [0.1, 0.15) is 17.7 Å². The maximum Gasteiger partial charge on any atom is 0.279 e. The number of hydrogen-bond acceptors (Lipinski definition) is 3. The third-order valence-electron chi connectivity index (χ3n) is 5.25. The lowest BCUT2D eigenvalue weighted by atomic mass is 10.0. The molecule has 2 atom stereocenters. The Labute approximate surface area is 162 Å². The third-order valence-corrected chi connectivity index (χ3v) is 5.25. The minimum atomic E-state index is -0.648. The zero-order valence-corrected chi connectivity index (χ0v) is 15.5. The first kappa shape index (κ1) is 18.7. The largest absolute Gasteiger partial charge is 0.490 e. The van der Waals surface area contributed by atoms with Gasteiger partial charge in [0.05, 0.1) is 25.4 Å². The van der Waals surface area contributed by atoms with E-state index in [1.807, 2.05) is 18.2 Å². The number of carbonyl (C=O) groups is 1. The van der Waals surface area contributed by atoms with E-state index in [0.29, 0.717) is 13.2 Å². The lowest BCUT2D eigenvalue weighted by Gasteiger charge is -2.22. The highest BCUT2D eigenvalue weighted by molar-refractivity contribution is 5.91. The van der Waals surface area contributed by atoms with Crippen molar-refractivity contribution in [1.82, 2.24) is 0 Å². The first-order valence-corrected chi connectivity index (χ1v) is 9.59. The molecule has 1 fully saturated rings. The van der Waals surface area contributed by atoms with Crippen molar-refractivity contribution in [1.29, 1.82) is 0 Å². The highest BCUT2D eigenvalue weighted by atomic mass is 19.1. The molecule has 28 heavy (non-hydrogen) atoms. The fourth-order valence-corrected chi connectivity index (χ4v) is 3.92. The molecule has 2 aromatic carbocycles. The van der Waals surface area contributed by atoms with E-state index in [9.17, 15) is 13.6 Å². The van der Waals surface area contributed by atoms with E-state index in [1.165, 1.54) is 0 Å². The summed E-state index contributed by atoms with van der Waals surface area (Å²) >= 11 is 0. The van der Waals surface area contributed by atoms with E-state index in [2.05, 4.69) is 5.32 Å². The Bertz CT molecular complexity index is 875. The van der Waals surface area contributed by atoms with Gasteiger partial charge in [-0.1, -0.05) is 0 Å². The molecule has 1 amide bonds. The van der Waals surface area contributed by atoms with Crippen LogP contribution < -0.4 is 19.7 Å². The maximum absolute atomic E-state index is 13.8. The topological polar surface area (TPSA) is 52.0 Å². The van der Waals surface area contributed by atoms with E-state index in [0.717, 1.165) is 66.0 Å². The SMILES string of the molecule is O=C(C[NH+]1CCC[C@H]1c1ccc2c(c1)OCCCO2)Nc1cc(F)ccc1F. The highest BCUT2D eigenvalue weighted by Crippen LogP contribution is 2.33. The number of nitrogens with one attached hydrogen (secondary N) is 2. The van der Waals surface area contributed by atoms with Gasteiger partial charge in [-0.3, -0.25) is 4.79 Å². The van der Waals surface area contributed by atoms with Crippen molar-refractivity contribution in [2.24, 2.45) is 0 Å². The van der Waals surface area contributed by atoms with Crippen LogP contribution in [-0.4, -0.2) is 32.2 Å². The summed E-state index contributed by atoms with van der Waals surface area (Å²) < 4.78 is 38.5. The van der Waals surface area contributed by atoms with Crippen molar-refractivity contribution < 1.29 is 27.9 Å². The Kier molecular flexibility index (Phi) is 5.43. The van der Waals surface area contributed by atoms with Crippen molar-refractivity contribution in [3.05, 3.63) is 53.6 Å². The second-order valence-electron chi connectivity index (χ2n) is 7.21. The lowest BCUT2D eigenvalue weighted by molar-refractivity contribution is -0.910. The number of likely N-dealkylation sites (tertiary alicyclic amines) is 1. The second kappa shape index (κ2) is 8.14. The molecule has 0 aromatic heterocycles. The summed E-state index contributed by atoms with van der Waals surface area (Å²) in [6, 6.07) is 9.13. The number of fused-ring (bicyclic) bond motifs is 1. The molecule has 2 aromatic rings. The lowest BCUT2D eigenvalue weighted by Crippen LogP contribution is -3.11. The van der Waals surface area contributed by atoms with Gasteiger partial charge in [-0.2, -0.15) is 0 Å². The Morgan fingerprint density at radius 1 is 1.07 bits per heavy atom. The predicted molar refractivity (Wildman–Crippen MR) is 99.7 cm³/mol. The molecule has 2 aliphatic heterocycles. The molecule has 1 unspecified atom stereocenters. The van der Waals surface area contributed by atoms with Crippen LogP contribution in [-0.2, 0) is 4.79 Å². The molecule has 5 nitrogen and oxygen atoms in total. The molecule has 0 aliphatic carbocycles. The third kappa shape index (κ3) is 4.09. The van der Waals surface area contributed by atoms with Crippen molar-refractivity contribution in [2.75, 3.05) is 31.6 Å². The Balaban J connectivity index is 1.45. The van der Waals surface area contributed by atoms with Crippen LogP contribution in [0.15, 0.2) is 36.4 Å². The van der Waals surface area contributed by atoms with Crippen LogP contribution in [0.1, 0.15) is 30.9 Å². The molecule has 1 saturated heterocycles. The summed E-state index contributed by atoms with van der Waals surface area (Å²) in [6.07, 6.45) is 2.80. The van der Waals surface area contributed by atoms with Gasteiger partial charge in [0.2, 0.25) is 0 Å². The van der Waals surface area contributed by atoms with Crippen LogP contribution in [0.3, 0.4) is 0 Å². The van der Waals surface area contributed by atoms with Crippen LogP contribution in [0.4, 0.5) is 14.5 Å². The fourth-order valence-electron chi connectivity index (χ4n) is 3.92. The van der Waals surface area contributed by atoms with Crippen molar-refractivity contribution in [2.45, 2.75) is 25.3 Å². The first-order chi connectivity index (χ1) is 13.6. The van der Waals surface area contributed by atoms with Crippen LogP contribution in [0.2, 0.25) is 0 Å². The van der Waals surface area contributed by atoms with E-state index < -0.39 is 11.6 Å². The fraction of sp³-hybridized carbons (Fsp3) is 0.381. The zero-order valence-electron chi connectivity index (χ0n) is 15.5. The molecule has 0 radical (unpaired) electrons.